The van der Waals surface area contributed by atoms with Gasteiger partial charge in [0.25, 0.3) is 0 Å². The lowest BCUT2D eigenvalue weighted by Crippen LogP contribution is -1.67. The van der Waals surface area contributed by atoms with Gasteiger partial charge < -0.3 is 0 Å². The Morgan fingerprint density at radius 3 is 1.76 bits per heavy atom. The summed E-state index contributed by atoms with van der Waals surface area (Å²) in [6.45, 7) is 0. The summed E-state index contributed by atoms with van der Waals surface area (Å²) in [6.07, 6.45) is 4.02. The molecule has 0 atom stereocenters. The number of rotatable bonds is 2. The lowest BCUT2D eigenvalue weighted by atomic mass is 10.2. The van der Waals surface area contributed by atoms with E-state index in [0.717, 1.165) is 11.8 Å². The summed E-state index contributed by atoms with van der Waals surface area (Å²) in [5.74, 6) is -0.178. The quantitative estimate of drug-likeness (QED) is 0.565. The summed E-state index contributed by atoms with van der Waals surface area (Å²) in [7, 11) is 0. The van der Waals surface area contributed by atoms with Gasteiger partial charge in [-0.3, -0.25) is 4.79 Å². The molecule has 0 unspecified atom stereocenters. The van der Waals surface area contributed by atoms with Crippen molar-refractivity contribution in [2.45, 2.75) is 0 Å². The first-order chi connectivity index (χ1) is 8.33. The predicted octanol–water partition coefficient (Wildman–Crippen LogP) is 3.72. The molecule has 0 aliphatic heterocycles. The van der Waals surface area contributed by atoms with Crippen LogP contribution in [0.4, 0.5) is 4.39 Å². The number of allylic oxidation sites excluding steroid dienone is 1. The average molecular weight is 228 g/mol. The van der Waals surface area contributed by atoms with Crippen molar-refractivity contribution in [1.82, 2.24) is 0 Å². The second-order valence-electron chi connectivity index (χ2n) is 3.20. The number of carbonyl (C=O) groups excluding carboxylic acids is 1. The zero-order valence-electron chi connectivity index (χ0n) is 9.29. The molecule has 0 heterocycles. The highest BCUT2D eigenvalue weighted by atomic mass is 19.1. The van der Waals surface area contributed by atoms with Crippen LogP contribution < -0.4 is 0 Å². The van der Waals surface area contributed by atoms with Crippen LogP contribution in [0.25, 0.3) is 6.08 Å². The Balaban J connectivity index is 0.000000181. The summed E-state index contributed by atoms with van der Waals surface area (Å²) in [5.41, 5.74) is 1.05. The van der Waals surface area contributed by atoms with E-state index in [1.165, 1.54) is 18.2 Å². The minimum Gasteiger partial charge on any atom is -0.299 e. The Kier molecular flexibility index (Phi) is 6.04. The number of carbonyl (C=O) groups is 1. The smallest absolute Gasteiger partial charge is 0.142 e. The van der Waals surface area contributed by atoms with Crippen LogP contribution in [0.15, 0.2) is 66.7 Å². The summed E-state index contributed by atoms with van der Waals surface area (Å²) >= 11 is 0. The van der Waals surface area contributed by atoms with Crippen LogP contribution in [0.3, 0.4) is 0 Å². The lowest BCUT2D eigenvalue weighted by Gasteiger charge is -1.86. The fraction of sp³-hybridized carbons (Fsp3) is 0. The number of aldehydes is 1. The minimum atomic E-state index is -0.178. The molecule has 0 fully saturated rings. The first kappa shape index (κ1) is 12.8. The maximum atomic E-state index is 11.9. The topological polar surface area (TPSA) is 17.1 Å². The standard InChI is InChI=1S/C9H8O.C6H5F/c10-8-4-7-9-5-2-1-3-6-9;7-6-4-2-1-3-5-6/h1-8H;1-5H. The molecule has 17 heavy (non-hydrogen) atoms. The summed E-state index contributed by atoms with van der Waals surface area (Å²) in [6, 6.07) is 17.6. The van der Waals surface area contributed by atoms with E-state index in [9.17, 15) is 9.18 Å². The normalized spacial score (nSPS) is 9.47. The van der Waals surface area contributed by atoms with Crippen molar-refractivity contribution in [2.24, 2.45) is 0 Å². The van der Waals surface area contributed by atoms with Crippen molar-refractivity contribution in [1.29, 1.82) is 0 Å². The molecular weight excluding hydrogens is 215 g/mol. The lowest BCUT2D eigenvalue weighted by molar-refractivity contribution is -0.104. The van der Waals surface area contributed by atoms with Crippen LogP contribution in [-0.4, -0.2) is 6.29 Å². The largest absolute Gasteiger partial charge is 0.299 e. The van der Waals surface area contributed by atoms with Gasteiger partial charge in [-0.1, -0.05) is 54.6 Å². The van der Waals surface area contributed by atoms with Gasteiger partial charge in [0.15, 0.2) is 0 Å². The number of halogens is 1. The molecule has 2 rings (SSSR count). The first-order valence-electron chi connectivity index (χ1n) is 5.20. The third-order valence-electron chi connectivity index (χ3n) is 1.90. The summed E-state index contributed by atoms with van der Waals surface area (Å²) in [4.78, 5) is 9.89. The molecule has 0 aromatic heterocycles. The van der Waals surface area contributed by atoms with Gasteiger partial charge in [0.2, 0.25) is 0 Å². The third-order valence-corrected chi connectivity index (χ3v) is 1.90. The van der Waals surface area contributed by atoms with Crippen LogP contribution in [-0.2, 0) is 4.79 Å². The molecule has 0 aliphatic rings. The Morgan fingerprint density at radius 2 is 1.35 bits per heavy atom. The van der Waals surface area contributed by atoms with Gasteiger partial charge in [0, 0.05) is 0 Å². The Labute approximate surface area is 100 Å². The highest BCUT2D eigenvalue weighted by Crippen LogP contribution is 1.99. The van der Waals surface area contributed by atoms with Crippen LogP contribution in [0, 0.1) is 5.82 Å². The molecule has 2 aromatic carbocycles. The Morgan fingerprint density at radius 1 is 0.824 bits per heavy atom. The highest BCUT2D eigenvalue weighted by Gasteiger charge is 1.79. The van der Waals surface area contributed by atoms with Gasteiger partial charge in [-0.15, -0.1) is 0 Å². The van der Waals surface area contributed by atoms with Crippen LogP contribution in [0.2, 0.25) is 0 Å². The van der Waals surface area contributed by atoms with E-state index in [2.05, 4.69) is 0 Å². The number of hydrogen-bond acceptors (Lipinski definition) is 1. The molecule has 0 spiro atoms. The zero-order chi connectivity index (χ0) is 12.3. The maximum Gasteiger partial charge on any atom is 0.142 e. The molecule has 0 bridgehead atoms. The highest BCUT2D eigenvalue weighted by molar-refractivity contribution is 5.73. The second-order valence-corrected chi connectivity index (χ2v) is 3.20. The van der Waals surface area contributed by atoms with Crippen molar-refractivity contribution in [3.05, 3.63) is 78.1 Å². The summed E-state index contributed by atoms with van der Waals surface area (Å²) in [5, 5.41) is 0. The Hall–Kier alpha value is -2.22. The summed E-state index contributed by atoms with van der Waals surface area (Å²) < 4.78 is 11.9. The molecule has 0 saturated heterocycles. The van der Waals surface area contributed by atoms with Crippen molar-refractivity contribution in [2.75, 3.05) is 0 Å². The van der Waals surface area contributed by atoms with Crippen molar-refractivity contribution in [3.8, 4) is 0 Å². The molecule has 0 aliphatic carbocycles. The van der Waals surface area contributed by atoms with E-state index in [1.54, 1.807) is 24.3 Å². The van der Waals surface area contributed by atoms with Gasteiger partial charge in [0.1, 0.15) is 12.1 Å². The second kappa shape index (κ2) is 7.99. The predicted molar refractivity (Wildman–Crippen MR) is 67.9 cm³/mol. The van der Waals surface area contributed by atoms with Gasteiger partial charge in [0.05, 0.1) is 0 Å². The van der Waals surface area contributed by atoms with E-state index < -0.39 is 0 Å². The molecular formula is C15H13FO. The van der Waals surface area contributed by atoms with Crippen molar-refractivity contribution >= 4 is 12.4 Å². The third kappa shape index (κ3) is 6.05. The van der Waals surface area contributed by atoms with Crippen molar-refractivity contribution < 1.29 is 9.18 Å². The van der Waals surface area contributed by atoms with Crippen molar-refractivity contribution in [3.63, 3.8) is 0 Å². The van der Waals surface area contributed by atoms with E-state index in [0.29, 0.717) is 0 Å². The van der Waals surface area contributed by atoms with Crippen LogP contribution in [0.1, 0.15) is 5.56 Å². The molecule has 0 amide bonds. The number of benzene rings is 2. The van der Waals surface area contributed by atoms with Gasteiger partial charge in [-0.25, -0.2) is 4.39 Å². The molecule has 0 N–H and O–H groups in total. The molecule has 86 valence electrons. The SMILES string of the molecule is Fc1ccccc1.O=CC=Cc1ccccc1. The van der Waals surface area contributed by atoms with E-state index in [1.807, 2.05) is 30.3 Å². The van der Waals surface area contributed by atoms with Gasteiger partial charge >= 0.3 is 0 Å². The minimum absolute atomic E-state index is 0.178. The molecule has 1 nitrogen and oxygen atoms in total. The molecule has 0 saturated carbocycles. The maximum absolute atomic E-state index is 11.9. The van der Waals surface area contributed by atoms with Gasteiger partial charge in [-0.05, 0) is 23.8 Å². The fourth-order valence-electron chi connectivity index (χ4n) is 1.13. The van der Waals surface area contributed by atoms with Crippen LogP contribution >= 0.6 is 0 Å². The fourth-order valence-corrected chi connectivity index (χ4v) is 1.13. The molecule has 2 heteroatoms. The Bertz CT molecular complexity index is 449. The van der Waals surface area contributed by atoms with E-state index in [-0.39, 0.29) is 5.82 Å². The van der Waals surface area contributed by atoms with E-state index >= 15 is 0 Å². The average Bonchev–Trinajstić information content (AvgIpc) is 2.39. The number of hydrogen-bond donors (Lipinski definition) is 0. The monoisotopic (exact) mass is 228 g/mol. The zero-order valence-corrected chi connectivity index (χ0v) is 9.29. The molecule has 2 aromatic rings. The van der Waals surface area contributed by atoms with Gasteiger partial charge in [-0.2, -0.15) is 0 Å². The van der Waals surface area contributed by atoms with Crippen LogP contribution in [0.5, 0.6) is 0 Å². The van der Waals surface area contributed by atoms with E-state index in [4.69, 9.17) is 0 Å². The molecule has 0 radical (unpaired) electrons. The first-order valence-corrected chi connectivity index (χ1v) is 5.20.